The Morgan fingerprint density at radius 1 is 1.04 bits per heavy atom. The van der Waals surface area contributed by atoms with Gasteiger partial charge in [0.15, 0.2) is 0 Å². The molecule has 0 bridgehead atoms. The number of rotatable bonds is 3. The zero-order valence-corrected chi connectivity index (χ0v) is 12.8. The van der Waals surface area contributed by atoms with Crippen LogP contribution in [0.4, 0.5) is 13.2 Å². The summed E-state index contributed by atoms with van der Waals surface area (Å²) in [6.07, 6.45) is -2.25. The van der Waals surface area contributed by atoms with Crippen LogP contribution in [0.5, 0.6) is 5.75 Å². The van der Waals surface area contributed by atoms with Gasteiger partial charge in [-0.05, 0) is 59.7 Å². The number of benzene rings is 2. The zero-order chi connectivity index (χ0) is 16.6. The van der Waals surface area contributed by atoms with Gasteiger partial charge >= 0.3 is 6.18 Å². The number of hydrogen-bond acceptors (Lipinski definition) is 2. The monoisotopic (exact) mass is 321 g/mol. The molecule has 3 rings (SSSR count). The van der Waals surface area contributed by atoms with Gasteiger partial charge in [-0.3, -0.25) is 0 Å². The molecule has 0 aliphatic heterocycles. The molecule has 23 heavy (non-hydrogen) atoms. The van der Waals surface area contributed by atoms with E-state index in [-0.39, 0.29) is 11.8 Å². The summed E-state index contributed by atoms with van der Waals surface area (Å²) >= 11 is 0. The van der Waals surface area contributed by atoms with Crippen LogP contribution in [-0.2, 0) is 25.4 Å². The first-order valence-electron chi connectivity index (χ1n) is 7.46. The fourth-order valence-electron chi connectivity index (χ4n) is 3.10. The maximum absolute atomic E-state index is 13.0. The molecule has 0 spiro atoms. The Labute approximate surface area is 133 Å². The van der Waals surface area contributed by atoms with E-state index in [9.17, 15) is 13.2 Å². The van der Waals surface area contributed by atoms with Crippen LogP contribution in [0.1, 0.15) is 27.8 Å². The Bertz CT molecular complexity index is 725. The number of methoxy groups -OCH3 is 1. The highest BCUT2D eigenvalue weighted by Crippen LogP contribution is 2.33. The number of ether oxygens (including phenoxy) is 1. The molecule has 2 aromatic carbocycles. The second kappa shape index (κ2) is 5.89. The minimum absolute atomic E-state index is 0.147. The first-order valence-corrected chi connectivity index (χ1v) is 7.46. The van der Waals surface area contributed by atoms with E-state index in [0.29, 0.717) is 12.0 Å². The highest BCUT2D eigenvalue weighted by atomic mass is 19.4. The van der Waals surface area contributed by atoms with Gasteiger partial charge in [0.2, 0.25) is 0 Å². The van der Waals surface area contributed by atoms with Crippen LogP contribution >= 0.6 is 0 Å². The lowest BCUT2D eigenvalue weighted by molar-refractivity contribution is -0.137. The Balaban J connectivity index is 1.90. The van der Waals surface area contributed by atoms with E-state index < -0.39 is 11.7 Å². The van der Waals surface area contributed by atoms with Gasteiger partial charge < -0.3 is 10.5 Å². The third-order valence-corrected chi connectivity index (χ3v) is 4.17. The van der Waals surface area contributed by atoms with Crippen LogP contribution in [-0.4, -0.2) is 13.2 Å². The van der Waals surface area contributed by atoms with Crippen molar-refractivity contribution in [3.8, 4) is 5.75 Å². The van der Waals surface area contributed by atoms with E-state index in [4.69, 9.17) is 10.5 Å². The van der Waals surface area contributed by atoms with Gasteiger partial charge in [-0.25, -0.2) is 0 Å². The molecule has 5 heteroatoms. The first kappa shape index (κ1) is 15.9. The van der Waals surface area contributed by atoms with Crippen LogP contribution in [0, 0.1) is 0 Å². The predicted octanol–water partition coefficient (Wildman–Crippen LogP) is 3.73. The third kappa shape index (κ3) is 3.50. The fraction of sp³-hybridized carbons (Fsp3) is 0.333. The second-order valence-corrected chi connectivity index (χ2v) is 6.02. The molecule has 1 aliphatic rings. The van der Waals surface area contributed by atoms with Crippen LogP contribution in [0.3, 0.4) is 0 Å². The molecule has 0 radical (unpaired) electrons. The van der Waals surface area contributed by atoms with Crippen molar-refractivity contribution in [2.45, 2.75) is 31.5 Å². The fourth-order valence-corrected chi connectivity index (χ4v) is 3.10. The highest BCUT2D eigenvalue weighted by molar-refractivity contribution is 5.42. The summed E-state index contributed by atoms with van der Waals surface area (Å²) in [5, 5.41) is 0. The lowest BCUT2D eigenvalue weighted by Crippen LogP contribution is -2.18. The van der Waals surface area contributed by atoms with Gasteiger partial charge in [0, 0.05) is 6.04 Å². The number of halogens is 3. The molecule has 2 N–H and O–H groups in total. The molecular weight excluding hydrogens is 303 g/mol. The smallest absolute Gasteiger partial charge is 0.416 e. The standard InChI is InChI=1S/C18H18F3NO/c1-23-17-7-12(6-15(10-17)18(19,20)21)4-11-2-3-13-8-16(22)9-14(13)5-11/h2-3,5-7,10,16H,4,8-9,22H2,1H3/t16-/m0/s1. The summed E-state index contributed by atoms with van der Waals surface area (Å²) in [6.45, 7) is 0. The number of hydrogen-bond donors (Lipinski definition) is 1. The van der Waals surface area contributed by atoms with E-state index in [1.807, 2.05) is 12.1 Å². The molecule has 0 amide bonds. The first-order chi connectivity index (χ1) is 10.8. The molecule has 0 aromatic heterocycles. The third-order valence-electron chi connectivity index (χ3n) is 4.17. The lowest BCUT2D eigenvalue weighted by atomic mass is 9.99. The van der Waals surface area contributed by atoms with Crippen molar-refractivity contribution >= 4 is 0 Å². The molecule has 2 aromatic rings. The van der Waals surface area contributed by atoms with Crippen molar-refractivity contribution in [3.05, 3.63) is 64.2 Å². The molecule has 1 atom stereocenters. The Morgan fingerprint density at radius 3 is 2.48 bits per heavy atom. The minimum Gasteiger partial charge on any atom is -0.497 e. The average Bonchev–Trinajstić information content (AvgIpc) is 2.85. The van der Waals surface area contributed by atoms with Crippen LogP contribution in [0.2, 0.25) is 0 Å². The molecule has 0 saturated carbocycles. The number of nitrogens with two attached hydrogens (primary N) is 1. The van der Waals surface area contributed by atoms with Crippen LogP contribution in [0.15, 0.2) is 36.4 Å². The molecule has 0 saturated heterocycles. The molecular formula is C18H18F3NO. The average molecular weight is 321 g/mol. The van der Waals surface area contributed by atoms with Gasteiger partial charge in [0.05, 0.1) is 12.7 Å². The van der Waals surface area contributed by atoms with Crippen molar-refractivity contribution in [2.24, 2.45) is 5.73 Å². The topological polar surface area (TPSA) is 35.2 Å². The lowest BCUT2D eigenvalue weighted by Gasteiger charge is -2.12. The largest absolute Gasteiger partial charge is 0.497 e. The maximum atomic E-state index is 13.0. The highest BCUT2D eigenvalue weighted by Gasteiger charge is 2.31. The van der Waals surface area contributed by atoms with Crippen LogP contribution in [0.25, 0.3) is 0 Å². The van der Waals surface area contributed by atoms with Crippen molar-refractivity contribution < 1.29 is 17.9 Å². The molecule has 0 unspecified atom stereocenters. The van der Waals surface area contributed by atoms with Crippen molar-refractivity contribution in [2.75, 3.05) is 7.11 Å². The maximum Gasteiger partial charge on any atom is 0.416 e. The second-order valence-electron chi connectivity index (χ2n) is 6.02. The summed E-state index contributed by atoms with van der Waals surface area (Å²) in [5.41, 5.74) is 9.28. The zero-order valence-electron chi connectivity index (χ0n) is 12.8. The Hall–Kier alpha value is -2.01. The molecule has 2 nitrogen and oxygen atoms in total. The SMILES string of the molecule is COc1cc(Cc2ccc3c(c2)C[C@@H](N)C3)cc(C(F)(F)F)c1. The van der Waals surface area contributed by atoms with E-state index in [1.54, 1.807) is 6.07 Å². The van der Waals surface area contributed by atoms with E-state index >= 15 is 0 Å². The van der Waals surface area contributed by atoms with Crippen molar-refractivity contribution in [1.82, 2.24) is 0 Å². The van der Waals surface area contributed by atoms with E-state index in [0.717, 1.165) is 24.5 Å². The summed E-state index contributed by atoms with van der Waals surface area (Å²) in [6, 6.07) is 10.0. The van der Waals surface area contributed by atoms with Gasteiger partial charge in [-0.2, -0.15) is 13.2 Å². The normalized spacial score (nSPS) is 17.2. The summed E-state index contributed by atoms with van der Waals surface area (Å²) in [4.78, 5) is 0. The number of fused-ring (bicyclic) bond motifs is 1. The minimum atomic E-state index is -4.38. The number of alkyl halides is 3. The quantitative estimate of drug-likeness (QED) is 0.935. The Morgan fingerprint density at radius 2 is 1.78 bits per heavy atom. The van der Waals surface area contributed by atoms with Gasteiger partial charge in [-0.1, -0.05) is 18.2 Å². The van der Waals surface area contributed by atoms with Crippen molar-refractivity contribution in [1.29, 1.82) is 0 Å². The van der Waals surface area contributed by atoms with Gasteiger partial charge in [0.25, 0.3) is 0 Å². The van der Waals surface area contributed by atoms with Gasteiger partial charge in [0.1, 0.15) is 5.75 Å². The molecule has 1 aliphatic carbocycles. The van der Waals surface area contributed by atoms with Gasteiger partial charge in [-0.15, -0.1) is 0 Å². The molecule has 122 valence electrons. The molecule has 0 heterocycles. The molecule has 0 fully saturated rings. The van der Waals surface area contributed by atoms with E-state index in [2.05, 4.69) is 6.07 Å². The van der Waals surface area contributed by atoms with E-state index in [1.165, 1.54) is 24.3 Å². The summed E-state index contributed by atoms with van der Waals surface area (Å²) in [5.74, 6) is 0.220. The summed E-state index contributed by atoms with van der Waals surface area (Å²) in [7, 11) is 1.37. The van der Waals surface area contributed by atoms with Crippen LogP contribution < -0.4 is 10.5 Å². The predicted molar refractivity (Wildman–Crippen MR) is 82.6 cm³/mol. The Kier molecular flexibility index (Phi) is 4.06. The summed E-state index contributed by atoms with van der Waals surface area (Å²) < 4.78 is 43.9. The van der Waals surface area contributed by atoms with Crippen molar-refractivity contribution in [3.63, 3.8) is 0 Å².